The van der Waals surface area contributed by atoms with E-state index in [4.69, 9.17) is 5.73 Å². The average Bonchev–Trinajstić information content (AvgIpc) is 2.44. The summed E-state index contributed by atoms with van der Waals surface area (Å²) in [4.78, 5) is 2.16. The first-order valence-corrected chi connectivity index (χ1v) is 6.51. The Morgan fingerprint density at radius 1 is 1.00 bits per heavy atom. The van der Waals surface area contributed by atoms with Crippen molar-refractivity contribution in [2.75, 3.05) is 19.6 Å². The number of rotatable bonds is 2. The topological polar surface area (TPSA) is 69.7 Å². The minimum atomic E-state index is -0.568. The maximum absolute atomic E-state index is 9.50. The number of aliphatic hydroxyl groups is 2. The zero-order valence-electron chi connectivity index (χ0n) is 9.89. The lowest BCUT2D eigenvalue weighted by molar-refractivity contribution is 0.0572. The van der Waals surface area contributed by atoms with Crippen LogP contribution >= 0.6 is 0 Å². The molecule has 94 valence electrons. The van der Waals surface area contributed by atoms with Crippen LogP contribution in [0.5, 0.6) is 0 Å². The fourth-order valence-corrected chi connectivity index (χ4v) is 2.97. The Hall–Kier alpha value is -0.160. The van der Waals surface area contributed by atoms with Gasteiger partial charge in [-0.15, -0.1) is 0 Å². The van der Waals surface area contributed by atoms with Crippen molar-refractivity contribution in [3.8, 4) is 0 Å². The summed E-state index contributed by atoms with van der Waals surface area (Å²) in [5, 5.41) is 19.0. The van der Waals surface area contributed by atoms with Gasteiger partial charge in [-0.2, -0.15) is 0 Å². The highest BCUT2D eigenvalue weighted by Gasteiger charge is 2.32. The van der Waals surface area contributed by atoms with Crippen LogP contribution in [0.1, 0.15) is 32.1 Å². The smallest absolute Gasteiger partial charge is 0.0938 e. The van der Waals surface area contributed by atoms with Crippen LogP contribution in [0.2, 0.25) is 0 Å². The maximum Gasteiger partial charge on any atom is 0.0938 e. The minimum Gasteiger partial charge on any atom is -0.389 e. The van der Waals surface area contributed by atoms with Crippen molar-refractivity contribution < 1.29 is 10.2 Å². The quantitative estimate of drug-likeness (QED) is 0.579. The zero-order chi connectivity index (χ0) is 11.5. The van der Waals surface area contributed by atoms with E-state index in [2.05, 4.69) is 4.90 Å². The van der Waals surface area contributed by atoms with E-state index < -0.39 is 12.2 Å². The summed E-state index contributed by atoms with van der Waals surface area (Å²) in [7, 11) is 0. The van der Waals surface area contributed by atoms with Gasteiger partial charge in [-0.05, 0) is 18.8 Å². The minimum absolute atomic E-state index is 0.303. The monoisotopic (exact) mass is 228 g/mol. The van der Waals surface area contributed by atoms with E-state index in [9.17, 15) is 10.2 Å². The first-order valence-electron chi connectivity index (χ1n) is 6.51. The number of hydrogen-bond acceptors (Lipinski definition) is 4. The van der Waals surface area contributed by atoms with Gasteiger partial charge in [0.15, 0.2) is 0 Å². The third-order valence-electron chi connectivity index (χ3n) is 4.05. The first kappa shape index (κ1) is 12.3. The molecule has 4 N–H and O–H groups in total. The summed E-state index contributed by atoms with van der Waals surface area (Å²) in [6.45, 7) is 2.14. The molecule has 0 amide bonds. The third kappa shape index (κ3) is 2.94. The second-order valence-corrected chi connectivity index (χ2v) is 5.42. The Morgan fingerprint density at radius 3 is 2.31 bits per heavy atom. The van der Waals surface area contributed by atoms with E-state index in [1.165, 1.54) is 25.7 Å². The number of nitrogens with zero attached hydrogens (tertiary/aromatic N) is 1. The molecule has 0 bridgehead atoms. The Balaban J connectivity index is 1.83. The van der Waals surface area contributed by atoms with Crippen molar-refractivity contribution in [1.29, 1.82) is 0 Å². The number of aliphatic hydroxyl groups excluding tert-OH is 2. The van der Waals surface area contributed by atoms with Crippen LogP contribution < -0.4 is 5.73 Å². The molecule has 0 aromatic rings. The molecule has 0 spiro atoms. The molecule has 1 heterocycles. The van der Waals surface area contributed by atoms with Gasteiger partial charge in [-0.1, -0.05) is 19.3 Å². The Kier molecular flexibility index (Phi) is 4.19. The van der Waals surface area contributed by atoms with Gasteiger partial charge in [-0.25, -0.2) is 0 Å². The van der Waals surface area contributed by atoms with Gasteiger partial charge in [-0.3, -0.25) is 4.90 Å². The highest BCUT2D eigenvalue weighted by molar-refractivity contribution is 4.87. The van der Waals surface area contributed by atoms with Crippen LogP contribution in [0.4, 0.5) is 0 Å². The zero-order valence-corrected chi connectivity index (χ0v) is 9.89. The van der Waals surface area contributed by atoms with Gasteiger partial charge in [0.2, 0.25) is 0 Å². The number of β-amino-alcohol motifs (C(OH)–C–C–N with tert-alkyl or cyclic N) is 2. The first-order chi connectivity index (χ1) is 7.66. The Bertz CT molecular complexity index is 215. The molecule has 16 heavy (non-hydrogen) atoms. The molecule has 0 aromatic heterocycles. The van der Waals surface area contributed by atoms with E-state index in [0.29, 0.717) is 25.0 Å². The molecule has 4 nitrogen and oxygen atoms in total. The molecule has 4 unspecified atom stereocenters. The molecule has 0 aromatic carbocycles. The normalized spacial score (nSPS) is 42.2. The van der Waals surface area contributed by atoms with Crippen LogP contribution in [-0.4, -0.2) is 53.0 Å². The molecule has 2 rings (SSSR count). The number of nitrogens with two attached hydrogens (primary N) is 1. The molecule has 1 aliphatic heterocycles. The van der Waals surface area contributed by atoms with Gasteiger partial charge < -0.3 is 15.9 Å². The number of hydrogen-bond donors (Lipinski definition) is 3. The standard InChI is InChI=1S/C12H24N2O2/c13-10-5-3-1-2-4-9(10)6-14-7-11(15)12(16)8-14/h9-12,15-16H,1-8,13H2. The molecular weight excluding hydrogens is 204 g/mol. The van der Waals surface area contributed by atoms with E-state index in [0.717, 1.165) is 13.0 Å². The molecule has 1 saturated carbocycles. The molecular formula is C12H24N2O2. The Labute approximate surface area is 97.4 Å². The van der Waals surface area contributed by atoms with Crippen LogP contribution in [0.3, 0.4) is 0 Å². The lowest BCUT2D eigenvalue weighted by atomic mass is 9.95. The van der Waals surface area contributed by atoms with Crippen LogP contribution in [0.25, 0.3) is 0 Å². The largest absolute Gasteiger partial charge is 0.389 e. The van der Waals surface area contributed by atoms with E-state index in [1.807, 2.05) is 0 Å². The molecule has 0 radical (unpaired) electrons. The lowest BCUT2D eigenvalue weighted by Crippen LogP contribution is -2.38. The predicted molar refractivity (Wildman–Crippen MR) is 63.0 cm³/mol. The maximum atomic E-state index is 9.50. The summed E-state index contributed by atoms with van der Waals surface area (Å²) < 4.78 is 0. The second-order valence-electron chi connectivity index (χ2n) is 5.42. The van der Waals surface area contributed by atoms with Gasteiger partial charge in [0.05, 0.1) is 12.2 Å². The van der Waals surface area contributed by atoms with Crippen molar-refractivity contribution in [1.82, 2.24) is 4.90 Å². The third-order valence-corrected chi connectivity index (χ3v) is 4.05. The summed E-state index contributed by atoms with van der Waals surface area (Å²) in [6, 6.07) is 0.303. The van der Waals surface area contributed by atoms with E-state index in [1.54, 1.807) is 0 Å². The number of likely N-dealkylation sites (tertiary alicyclic amines) is 1. The molecule has 2 aliphatic rings. The van der Waals surface area contributed by atoms with Crippen molar-refractivity contribution in [2.24, 2.45) is 11.7 Å². The molecule has 1 saturated heterocycles. The highest BCUT2D eigenvalue weighted by Crippen LogP contribution is 2.24. The summed E-state index contributed by atoms with van der Waals surface area (Å²) in [5.74, 6) is 0.542. The average molecular weight is 228 g/mol. The SMILES string of the molecule is NC1CCCCCC1CN1CC(O)C(O)C1. The van der Waals surface area contributed by atoms with Crippen molar-refractivity contribution in [3.05, 3.63) is 0 Å². The summed E-state index contributed by atoms with van der Waals surface area (Å²) in [6.07, 6.45) is 5.02. The van der Waals surface area contributed by atoms with Gasteiger partial charge in [0, 0.05) is 25.7 Å². The lowest BCUT2D eigenvalue weighted by Gasteiger charge is -2.26. The van der Waals surface area contributed by atoms with Crippen LogP contribution in [-0.2, 0) is 0 Å². The van der Waals surface area contributed by atoms with Crippen molar-refractivity contribution in [2.45, 2.75) is 50.4 Å². The predicted octanol–water partition coefficient (Wildman–Crippen LogP) is -0.0686. The van der Waals surface area contributed by atoms with Gasteiger partial charge in [0.1, 0.15) is 0 Å². The van der Waals surface area contributed by atoms with E-state index >= 15 is 0 Å². The van der Waals surface area contributed by atoms with Gasteiger partial charge in [0.25, 0.3) is 0 Å². The van der Waals surface area contributed by atoms with Crippen molar-refractivity contribution >= 4 is 0 Å². The molecule has 2 fully saturated rings. The highest BCUT2D eigenvalue weighted by atomic mass is 16.3. The Morgan fingerprint density at radius 2 is 1.62 bits per heavy atom. The summed E-state index contributed by atoms with van der Waals surface area (Å²) >= 11 is 0. The van der Waals surface area contributed by atoms with Crippen molar-refractivity contribution in [3.63, 3.8) is 0 Å². The fraction of sp³-hybridized carbons (Fsp3) is 1.00. The van der Waals surface area contributed by atoms with Gasteiger partial charge >= 0.3 is 0 Å². The van der Waals surface area contributed by atoms with Crippen LogP contribution in [0.15, 0.2) is 0 Å². The summed E-state index contributed by atoms with van der Waals surface area (Å²) in [5.41, 5.74) is 6.17. The molecule has 4 heteroatoms. The molecule has 1 aliphatic carbocycles. The second kappa shape index (κ2) is 5.45. The fourth-order valence-electron chi connectivity index (χ4n) is 2.97. The van der Waals surface area contributed by atoms with E-state index in [-0.39, 0.29) is 0 Å². The molecule has 4 atom stereocenters. The van der Waals surface area contributed by atoms with Crippen LogP contribution in [0, 0.1) is 5.92 Å².